The lowest BCUT2D eigenvalue weighted by atomic mass is 9.86. The van der Waals surface area contributed by atoms with Crippen LogP contribution in [0.25, 0.3) is 76.5 Å². The normalized spacial score (nSPS) is 11.9. The molecule has 356 valence electrons. The molecule has 11 aromatic rings. The van der Waals surface area contributed by atoms with Crippen LogP contribution in [0.1, 0.15) is 31.9 Å². The molecule has 0 heterocycles. The van der Waals surface area contributed by atoms with Gasteiger partial charge in [-0.15, -0.1) is 0 Å². The van der Waals surface area contributed by atoms with Crippen LogP contribution in [0.15, 0.2) is 212 Å². The number of hydrogen-bond donors (Lipinski definition) is 1. The van der Waals surface area contributed by atoms with E-state index in [-0.39, 0.29) is 16.9 Å². The van der Waals surface area contributed by atoms with E-state index in [0.717, 1.165) is 75.3 Å². The molecule has 0 aliphatic rings. The molecule has 0 aliphatic carbocycles. The third-order valence-electron chi connectivity index (χ3n) is 13.4. The van der Waals surface area contributed by atoms with E-state index in [9.17, 15) is 10.2 Å². The largest absolute Gasteiger partial charge is 0.872 e. The lowest BCUT2D eigenvalue weighted by molar-refractivity contribution is -0.883. The van der Waals surface area contributed by atoms with Crippen LogP contribution < -0.4 is 21.0 Å². The Morgan fingerprint density at radius 2 is 0.917 bits per heavy atom. The van der Waals surface area contributed by atoms with Crippen LogP contribution in [0.5, 0.6) is 11.5 Å². The van der Waals surface area contributed by atoms with Crippen LogP contribution in [0.4, 0.5) is 0 Å². The summed E-state index contributed by atoms with van der Waals surface area (Å²) >= 11 is 12.4. The second-order valence-electron chi connectivity index (χ2n) is 20.7. The number of fused-ring (bicyclic) bond motifs is 4. The Bertz CT molecular complexity index is 3580. The van der Waals surface area contributed by atoms with E-state index < -0.39 is 7.92 Å². The number of phenolic OH excluding ortho intramolecular Hbond substituents is 1. The second-order valence-corrected chi connectivity index (χ2v) is 23.7. The minimum absolute atomic E-state index is 0.0882. The average molecular weight is 997 g/mol. The third-order valence-corrected chi connectivity index (χ3v) is 16.4. The van der Waals surface area contributed by atoms with E-state index in [1.54, 1.807) is 0 Å². The second kappa shape index (κ2) is 19.9. The summed E-state index contributed by atoms with van der Waals surface area (Å²) in [7, 11) is 6.00. The first kappa shape index (κ1) is 48.6. The summed E-state index contributed by atoms with van der Waals surface area (Å²) in [4.78, 5) is 0. The lowest BCUT2D eigenvalue weighted by Crippen LogP contribution is -2.36. The minimum atomic E-state index is -0.735. The molecule has 3 nitrogen and oxygen atoms in total. The van der Waals surface area contributed by atoms with Crippen molar-refractivity contribution in [3.63, 3.8) is 0 Å². The molecule has 1 N–H and O–H groups in total. The smallest absolute Gasteiger partial charge is 0.131 e. The Morgan fingerprint density at radius 3 is 1.42 bits per heavy atom. The molecule has 0 saturated carbocycles. The van der Waals surface area contributed by atoms with Gasteiger partial charge in [0.1, 0.15) is 12.3 Å². The summed E-state index contributed by atoms with van der Waals surface area (Å²) in [5, 5.41) is 40.3. The van der Waals surface area contributed by atoms with E-state index >= 15 is 0 Å². The SMILES string of the molecule is CC(C)(C)c1ccc(C[N+](C)(C)C)c(P(c2ccc(Cl)cc2)c2ccc(Cl)cc2)c1.[O-]c1c(-c2ccc3ccccc3c2)cc2ccccc2c1-c1c(O)c(-c2ccc3ccccc3c2)cc2ccccc12. The number of quaternary nitrogens is 1. The number of benzene rings is 11. The van der Waals surface area contributed by atoms with Crippen molar-refractivity contribution in [3.05, 3.63) is 233 Å². The quantitative estimate of drug-likeness (QED) is 0.122. The number of nitrogens with zero attached hydrogens (tertiary/aromatic N) is 1. The van der Waals surface area contributed by atoms with Crippen LogP contribution in [-0.4, -0.2) is 30.7 Å². The third kappa shape index (κ3) is 10.1. The van der Waals surface area contributed by atoms with Gasteiger partial charge in [-0.2, -0.15) is 0 Å². The van der Waals surface area contributed by atoms with Crippen LogP contribution in [0.2, 0.25) is 10.0 Å². The molecule has 72 heavy (non-hydrogen) atoms. The summed E-state index contributed by atoms with van der Waals surface area (Å²) in [6, 6.07) is 72.4. The highest BCUT2D eigenvalue weighted by Crippen LogP contribution is 2.51. The molecule has 0 aliphatic heterocycles. The summed E-state index contributed by atoms with van der Waals surface area (Å²) in [5.74, 6) is 0.0157. The van der Waals surface area contributed by atoms with Gasteiger partial charge in [0.15, 0.2) is 0 Å². The molecular formula is C66H56Cl2NO2P. The van der Waals surface area contributed by atoms with E-state index in [0.29, 0.717) is 22.3 Å². The molecule has 0 saturated heterocycles. The molecule has 0 radical (unpaired) electrons. The first-order valence-electron chi connectivity index (χ1n) is 24.3. The molecule has 0 unspecified atom stereocenters. The van der Waals surface area contributed by atoms with E-state index in [1.807, 2.05) is 121 Å². The Hall–Kier alpha value is -6.97. The van der Waals surface area contributed by atoms with Crippen molar-refractivity contribution < 1.29 is 14.7 Å². The van der Waals surface area contributed by atoms with Crippen LogP contribution in [0.3, 0.4) is 0 Å². The topological polar surface area (TPSA) is 43.3 Å². The van der Waals surface area contributed by atoms with Crippen molar-refractivity contribution in [1.82, 2.24) is 0 Å². The predicted octanol–water partition coefficient (Wildman–Crippen LogP) is 16.3. The summed E-state index contributed by atoms with van der Waals surface area (Å²) < 4.78 is 0.881. The van der Waals surface area contributed by atoms with Gasteiger partial charge in [0.25, 0.3) is 0 Å². The Morgan fingerprint density at radius 1 is 0.472 bits per heavy atom. The zero-order valence-electron chi connectivity index (χ0n) is 41.4. The molecule has 0 fully saturated rings. The predicted molar refractivity (Wildman–Crippen MR) is 309 cm³/mol. The highest BCUT2D eigenvalue weighted by atomic mass is 35.5. The molecular weight excluding hydrogens is 941 g/mol. The fourth-order valence-electron chi connectivity index (χ4n) is 9.81. The number of aromatic hydroxyl groups is 1. The molecule has 0 amide bonds. The lowest BCUT2D eigenvalue weighted by Gasteiger charge is -2.30. The first-order chi connectivity index (χ1) is 34.6. The van der Waals surface area contributed by atoms with Gasteiger partial charge in [-0.1, -0.05) is 207 Å². The van der Waals surface area contributed by atoms with Gasteiger partial charge in [0, 0.05) is 26.7 Å². The van der Waals surface area contributed by atoms with Crippen LogP contribution >= 0.6 is 31.1 Å². The van der Waals surface area contributed by atoms with Gasteiger partial charge in [-0.25, -0.2) is 0 Å². The molecule has 0 aromatic heterocycles. The maximum atomic E-state index is 14.6. The fourth-order valence-corrected chi connectivity index (χ4v) is 12.5. The zero-order valence-corrected chi connectivity index (χ0v) is 43.8. The van der Waals surface area contributed by atoms with Gasteiger partial charge >= 0.3 is 0 Å². The Labute approximate surface area is 434 Å². The highest BCUT2D eigenvalue weighted by Gasteiger charge is 2.26. The number of phenols is 1. The highest BCUT2D eigenvalue weighted by molar-refractivity contribution is 7.79. The molecule has 11 rings (SSSR count). The molecule has 0 spiro atoms. The molecule has 6 heteroatoms. The van der Waals surface area contributed by atoms with Gasteiger partial charge in [0.05, 0.1) is 21.1 Å². The molecule has 0 atom stereocenters. The van der Waals surface area contributed by atoms with Crippen LogP contribution in [-0.2, 0) is 12.0 Å². The molecule has 11 aromatic carbocycles. The number of halogens is 2. The van der Waals surface area contributed by atoms with Gasteiger partial charge in [-0.05, 0) is 155 Å². The molecule has 0 bridgehead atoms. The fraction of sp³-hybridized carbons (Fsp3) is 0.121. The number of rotatable bonds is 8. The summed E-state index contributed by atoms with van der Waals surface area (Å²) in [6.07, 6.45) is 0. The minimum Gasteiger partial charge on any atom is -0.872 e. The Kier molecular flexibility index (Phi) is 13.5. The zero-order chi connectivity index (χ0) is 50.3. The van der Waals surface area contributed by atoms with Crippen molar-refractivity contribution in [2.24, 2.45) is 0 Å². The average Bonchev–Trinajstić information content (AvgIpc) is 3.37. The van der Waals surface area contributed by atoms with E-state index in [4.69, 9.17) is 23.2 Å². The van der Waals surface area contributed by atoms with Crippen molar-refractivity contribution in [3.8, 4) is 44.9 Å². The van der Waals surface area contributed by atoms with Crippen LogP contribution in [0, 0.1) is 0 Å². The van der Waals surface area contributed by atoms with E-state index in [2.05, 4.69) is 133 Å². The monoisotopic (exact) mass is 995 g/mol. The van der Waals surface area contributed by atoms with Gasteiger partial charge in [-0.3, -0.25) is 0 Å². The van der Waals surface area contributed by atoms with Gasteiger partial charge in [0.2, 0.25) is 0 Å². The first-order valence-corrected chi connectivity index (χ1v) is 26.4. The van der Waals surface area contributed by atoms with Gasteiger partial charge < -0.3 is 14.7 Å². The maximum Gasteiger partial charge on any atom is 0.131 e. The summed E-state index contributed by atoms with van der Waals surface area (Å²) in [6.45, 7) is 7.80. The summed E-state index contributed by atoms with van der Waals surface area (Å²) in [5.41, 5.74) is 7.02. The maximum absolute atomic E-state index is 14.6. The van der Waals surface area contributed by atoms with Crippen molar-refractivity contribution >= 4 is 90.1 Å². The van der Waals surface area contributed by atoms with E-state index in [1.165, 1.54) is 27.0 Å². The van der Waals surface area contributed by atoms with Crippen molar-refractivity contribution in [2.45, 2.75) is 32.7 Å². The Balaban J connectivity index is 0.000000176. The van der Waals surface area contributed by atoms with Crippen molar-refractivity contribution in [2.75, 3.05) is 21.1 Å². The van der Waals surface area contributed by atoms with Crippen molar-refractivity contribution in [1.29, 1.82) is 0 Å². The number of hydrogen-bond acceptors (Lipinski definition) is 2. The standard InChI is InChI=1S/C40H26O2.C26H31Cl2NP/c41-39-35(31-19-17-25-9-1-3-11-27(25)21-31)23-29-13-5-7-15-33(29)37(39)38-34-16-8-6-14-30(34)24-36(40(38)42)32-20-18-26-10-2-4-12-28(26)22-32;1-26(2,3)20-8-7-19(18-29(4,5)6)25(17-20)30(23-13-9-21(27)10-14-23)24-15-11-22(28)12-16-24/h1-24,41-42H;7-17H,18H2,1-6H3/q;+1/p-1.